The van der Waals surface area contributed by atoms with Crippen molar-refractivity contribution < 1.29 is 18.0 Å². The number of nitrogens with one attached hydrogen (secondary N) is 2. The minimum Gasteiger partial charge on any atom is -0.308 e. The Kier molecular flexibility index (Phi) is 4.71. The molecule has 5 nitrogen and oxygen atoms in total. The fourth-order valence-electron chi connectivity index (χ4n) is 2.10. The standard InChI is InChI=1S/C16H8ClF3N4OS/c17-11-3-2-10(5-8(11)7-21)22-14(25)24-15-23-12-4-1-9(16(18,19)20)6-13(12)26-15/h1-6H,(H2,22,23,24,25). The quantitative estimate of drug-likeness (QED) is 0.601. The van der Waals surface area contributed by atoms with Crippen LogP contribution in [0.5, 0.6) is 0 Å². The molecule has 0 aliphatic carbocycles. The molecular formula is C16H8ClF3N4OS. The number of anilines is 2. The molecule has 0 aliphatic heterocycles. The number of rotatable bonds is 2. The predicted molar refractivity (Wildman–Crippen MR) is 93.4 cm³/mol. The van der Waals surface area contributed by atoms with E-state index in [1.165, 1.54) is 24.3 Å². The van der Waals surface area contributed by atoms with Crippen molar-refractivity contribution in [3.8, 4) is 6.07 Å². The second kappa shape index (κ2) is 6.82. The van der Waals surface area contributed by atoms with Crippen LogP contribution in [-0.2, 0) is 6.18 Å². The second-order valence-electron chi connectivity index (χ2n) is 5.08. The summed E-state index contributed by atoms with van der Waals surface area (Å²) in [5, 5.41) is 14.3. The van der Waals surface area contributed by atoms with Gasteiger partial charge in [-0.05, 0) is 36.4 Å². The summed E-state index contributed by atoms with van der Waals surface area (Å²) in [6.07, 6.45) is -4.45. The Balaban J connectivity index is 1.76. The van der Waals surface area contributed by atoms with Crippen molar-refractivity contribution in [1.29, 1.82) is 5.26 Å². The van der Waals surface area contributed by atoms with Crippen LogP contribution in [0.25, 0.3) is 10.2 Å². The van der Waals surface area contributed by atoms with Gasteiger partial charge in [0.25, 0.3) is 0 Å². The van der Waals surface area contributed by atoms with E-state index < -0.39 is 17.8 Å². The molecule has 132 valence electrons. The number of hydrogen-bond acceptors (Lipinski definition) is 4. The molecule has 0 unspecified atom stereocenters. The van der Waals surface area contributed by atoms with Crippen LogP contribution in [0.4, 0.5) is 28.8 Å². The number of aromatic nitrogens is 1. The van der Waals surface area contributed by atoms with Gasteiger partial charge in [-0.15, -0.1) is 0 Å². The van der Waals surface area contributed by atoms with Gasteiger partial charge in [0.1, 0.15) is 6.07 Å². The summed E-state index contributed by atoms with van der Waals surface area (Å²) >= 11 is 6.73. The zero-order valence-electron chi connectivity index (χ0n) is 12.7. The number of carbonyl (C=O) groups is 1. The molecule has 0 bridgehead atoms. The minimum absolute atomic E-state index is 0.145. The first kappa shape index (κ1) is 18.0. The molecule has 0 atom stereocenters. The maximum absolute atomic E-state index is 12.7. The molecule has 26 heavy (non-hydrogen) atoms. The van der Waals surface area contributed by atoms with Gasteiger partial charge in [-0.25, -0.2) is 9.78 Å². The largest absolute Gasteiger partial charge is 0.416 e. The van der Waals surface area contributed by atoms with Gasteiger partial charge in [0.15, 0.2) is 5.13 Å². The van der Waals surface area contributed by atoms with Crippen LogP contribution in [0.1, 0.15) is 11.1 Å². The molecule has 10 heteroatoms. The highest BCUT2D eigenvalue weighted by Gasteiger charge is 2.30. The third-order valence-corrected chi connectivity index (χ3v) is 4.54. The summed E-state index contributed by atoms with van der Waals surface area (Å²) in [7, 11) is 0. The Morgan fingerprint density at radius 2 is 1.96 bits per heavy atom. The van der Waals surface area contributed by atoms with Crippen LogP contribution in [0.3, 0.4) is 0 Å². The number of hydrogen-bond donors (Lipinski definition) is 2. The Morgan fingerprint density at radius 1 is 1.19 bits per heavy atom. The fourth-order valence-corrected chi connectivity index (χ4v) is 3.16. The van der Waals surface area contributed by atoms with Crippen molar-refractivity contribution in [3.63, 3.8) is 0 Å². The summed E-state index contributed by atoms with van der Waals surface area (Å²) in [6, 6.07) is 8.78. The Bertz CT molecular complexity index is 1040. The summed E-state index contributed by atoms with van der Waals surface area (Å²) in [5.74, 6) is 0. The highest BCUT2D eigenvalue weighted by atomic mass is 35.5. The van der Waals surface area contributed by atoms with Crippen molar-refractivity contribution in [1.82, 2.24) is 4.98 Å². The zero-order chi connectivity index (χ0) is 18.9. The molecule has 0 fully saturated rings. The van der Waals surface area contributed by atoms with Crippen molar-refractivity contribution in [2.24, 2.45) is 0 Å². The van der Waals surface area contributed by atoms with Gasteiger partial charge >= 0.3 is 12.2 Å². The van der Waals surface area contributed by atoms with E-state index in [-0.39, 0.29) is 15.7 Å². The lowest BCUT2D eigenvalue weighted by molar-refractivity contribution is -0.137. The van der Waals surface area contributed by atoms with E-state index in [2.05, 4.69) is 15.6 Å². The lowest BCUT2D eigenvalue weighted by atomic mass is 10.2. The third-order valence-electron chi connectivity index (χ3n) is 3.28. The van der Waals surface area contributed by atoms with Crippen molar-refractivity contribution in [2.45, 2.75) is 6.18 Å². The third kappa shape index (κ3) is 3.87. The van der Waals surface area contributed by atoms with Crippen molar-refractivity contribution in [3.05, 3.63) is 52.5 Å². The van der Waals surface area contributed by atoms with Gasteiger partial charge < -0.3 is 5.32 Å². The molecule has 2 amide bonds. The summed E-state index contributed by atoms with van der Waals surface area (Å²) in [4.78, 5) is 16.1. The molecular weight excluding hydrogens is 389 g/mol. The molecule has 0 saturated carbocycles. The molecule has 2 N–H and O–H groups in total. The van der Waals surface area contributed by atoms with E-state index >= 15 is 0 Å². The molecule has 1 heterocycles. The van der Waals surface area contributed by atoms with Crippen LogP contribution < -0.4 is 10.6 Å². The number of nitrogens with zero attached hydrogens (tertiary/aromatic N) is 2. The van der Waals surface area contributed by atoms with Crippen molar-refractivity contribution >= 4 is 50.0 Å². The van der Waals surface area contributed by atoms with E-state index in [1.807, 2.05) is 6.07 Å². The average molecular weight is 397 g/mol. The van der Waals surface area contributed by atoms with Crippen LogP contribution in [0, 0.1) is 11.3 Å². The van der Waals surface area contributed by atoms with Crippen LogP contribution >= 0.6 is 22.9 Å². The van der Waals surface area contributed by atoms with Gasteiger partial charge in [-0.3, -0.25) is 5.32 Å². The van der Waals surface area contributed by atoms with Crippen LogP contribution in [0.2, 0.25) is 5.02 Å². The van der Waals surface area contributed by atoms with E-state index in [1.54, 1.807) is 0 Å². The zero-order valence-corrected chi connectivity index (χ0v) is 14.3. The van der Waals surface area contributed by atoms with Crippen molar-refractivity contribution in [2.75, 3.05) is 10.6 Å². The highest BCUT2D eigenvalue weighted by Crippen LogP contribution is 2.34. The number of amides is 2. The number of benzene rings is 2. The topological polar surface area (TPSA) is 77.8 Å². The Morgan fingerprint density at radius 3 is 2.65 bits per heavy atom. The summed E-state index contributed by atoms with van der Waals surface area (Å²) < 4.78 is 38.5. The number of nitriles is 1. The van der Waals surface area contributed by atoms with Gasteiger partial charge in [0, 0.05) is 5.69 Å². The van der Waals surface area contributed by atoms with Crippen LogP contribution in [0.15, 0.2) is 36.4 Å². The highest BCUT2D eigenvalue weighted by molar-refractivity contribution is 7.22. The van der Waals surface area contributed by atoms with Gasteiger partial charge in [-0.1, -0.05) is 22.9 Å². The molecule has 2 aromatic carbocycles. The molecule has 0 spiro atoms. The molecule has 0 saturated heterocycles. The number of alkyl halides is 3. The molecule has 3 aromatic rings. The van der Waals surface area contributed by atoms with Gasteiger partial charge in [0.2, 0.25) is 0 Å². The molecule has 3 rings (SSSR count). The van der Waals surface area contributed by atoms with E-state index in [0.717, 1.165) is 23.5 Å². The van der Waals surface area contributed by atoms with Gasteiger partial charge in [0.05, 0.1) is 26.4 Å². The van der Waals surface area contributed by atoms with E-state index in [0.29, 0.717) is 15.9 Å². The first-order valence-corrected chi connectivity index (χ1v) is 8.21. The van der Waals surface area contributed by atoms with Crippen LogP contribution in [-0.4, -0.2) is 11.0 Å². The maximum atomic E-state index is 12.7. The lowest BCUT2D eigenvalue weighted by Gasteiger charge is -2.06. The first-order chi connectivity index (χ1) is 12.3. The number of halogens is 4. The Hall–Kier alpha value is -2.83. The summed E-state index contributed by atoms with van der Waals surface area (Å²) in [5.41, 5.74) is 0.0967. The monoisotopic (exact) mass is 396 g/mol. The lowest BCUT2D eigenvalue weighted by Crippen LogP contribution is -2.19. The minimum atomic E-state index is -4.45. The Labute approximate surface area is 154 Å². The molecule has 0 aliphatic rings. The SMILES string of the molecule is N#Cc1cc(NC(=O)Nc2nc3ccc(C(F)(F)F)cc3s2)ccc1Cl. The second-order valence-corrected chi connectivity index (χ2v) is 6.52. The fraction of sp³-hybridized carbons (Fsp3) is 0.0625. The number of fused-ring (bicyclic) bond motifs is 1. The van der Waals surface area contributed by atoms with E-state index in [9.17, 15) is 18.0 Å². The smallest absolute Gasteiger partial charge is 0.308 e. The van der Waals surface area contributed by atoms with Gasteiger partial charge in [-0.2, -0.15) is 18.4 Å². The molecule has 1 aromatic heterocycles. The molecule has 0 radical (unpaired) electrons. The number of carbonyl (C=O) groups excluding carboxylic acids is 1. The normalized spacial score (nSPS) is 11.2. The van der Waals surface area contributed by atoms with E-state index in [4.69, 9.17) is 16.9 Å². The average Bonchev–Trinajstić information content (AvgIpc) is 2.96. The maximum Gasteiger partial charge on any atom is 0.416 e. The first-order valence-electron chi connectivity index (χ1n) is 7.02. The summed E-state index contributed by atoms with van der Waals surface area (Å²) in [6.45, 7) is 0. The number of urea groups is 1. The predicted octanol–water partition coefficient (Wildman–Crippen LogP) is 5.48. The number of thiazole rings is 1.